The highest BCUT2D eigenvalue weighted by atomic mass is 35.5. The Kier molecular flexibility index (Phi) is 4.86. The Balaban J connectivity index is 1.87. The largest absolute Gasteiger partial charge is 0.467 e. The van der Waals surface area contributed by atoms with Gasteiger partial charge in [0.25, 0.3) is 5.91 Å². The molecule has 0 spiro atoms. The van der Waals surface area contributed by atoms with Gasteiger partial charge in [0, 0.05) is 23.0 Å². The molecule has 1 fully saturated rings. The van der Waals surface area contributed by atoms with Gasteiger partial charge in [-0.25, -0.2) is 4.79 Å². The van der Waals surface area contributed by atoms with Gasteiger partial charge in [0.1, 0.15) is 6.04 Å². The number of carbonyl (C=O) groups excluding carboxylic acids is 2. The van der Waals surface area contributed by atoms with Crippen molar-refractivity contribution in [3.05, 3.63) is 70.7 Å². The van der Waals surface area contributed by atoms with Crippen LogP contribution in [0.4, 0.5) is 0 Å². The number of hydrogen-bond donors (Lipinski definition) is 0. The van der Waals surface area contributed by atoms with Crippen LogP contribution in [-0.4, -0.2) is 36.5 Å². The summed E-state index contributed by atoms with van der Waals surface area (Å²) in [6.07, 6.45) is 0.548. The molecule has 1 aliphatic heterocycles. The lowest BCUT2D eigenvalue weighted by molar-refractivity contribution is -0.145. The highest BCUT2D eigenvalue weighted by Crippen LogP contribution is 2.33. The maximum atomic E-state index is 12.8. The Morgan fingerprint density at radius 3 is 2.38 bits per heavy atom. The lowest BCUT2D eigenvalue weighted by atomic mass is 9.96. The SMILES string of the molecule is COC(=O)[C@H]1C[C@@H](c2ccc(Cl)cc2)CN1C(=O)c1ccccc1. The van der Waals surface area contributed by atoms with Crippen LogP contribution in [0.5, 0.6) is 0 Å². The van der Waals surface area contributed by atoms with Gasteiger partial charge < -0.3 is 9.64 Å². The summed E-state index contributed by atoms with van der Waals surface area (Å²) in [5.41, 5.74) is 1.64. The summed E-state index contributed by atoms with van der Waals surface area (Å²) in [4.78, 5) is 26.6. The lowest BCUT2D eigenvalue weighted by Crippen LogP contribution is -2.41. The van der Waals surface area contributed by atoms with Gasteiger partial charge in [-0.1, -0.05) is 41.9 Å². The first-order valence-corrected chi connectivity index (χ1v) is 8.17. The molecule has 1 amide bonds. The van der Waals surface area contributed by atoms with Crippen molar-refractivity contribution in [2.75, 3.05) is 13.7 Å². The molecule has 0 aromatic heterocycles. The number of hydrogen-bond acceptors (Lipinski definition) is 3. The van der Waals surface area contributed by atoms with Crippen LogP contribution in [0.15, 0.2) is 54.6 Å². The van der Waals surface area contributed by atoms with Crippen LogP contribution in [0.3, 0.4) is 0 Å². The zero-order valence-corrected chi connectivity index (χ0v) is 14.1. The minimum atomic E-state index is -0.566. The Morgan fingerprint density at radius 2 is 1.75 bits per heavy atom. The van der Waals surface area contributed by atoms with Crippen molar-refractivity contribution in [2.45, 2.75) is 18.4 Å². The third-order valence-corrected chi connectivity index (χ3v) is 4.65. The van der Waals surface area contributed by atoms with E-state index in [1.807, 2.05) is 42.5 Å². The first-order chi connectivity index (χ1) is 11.6. The van der Waals surface area contributed by atoms with Crippen LogP contribution in [0, 0.1) is 0 Å². The summed E-state index contributed by atoms with van der Waals surface area (Å²) >= 11 is 5.94. The topological polar surface area (TPSA) is 46.6 Å². The third-order valence-electron chi connectivity index (χ3n) is 4.40. The summed E-state index contributed by atoms with van der Waals surface area (Å²) in [6, 6.07) is 16.0. The average Bonchev–Trinajstić information content (AvgIpc) is 3.07. The van der Waals surface area contributed by atoms with Gasteiger partial charge in [-0.2, -0.15) is 0 Å². The smallest absolute Gasteiger partial charge is 0.328 e. The normalized spacial score (nSPS) is 20.0. The van der Waals surface area contributed by atoms with Crippen molar-refractivity contribution >= 4 is 23.5 Å². The number of benzene rings is 2. The highest BCUT2D eigenvalue weighted by molar-refractivity contribution is 6.30. The fraction of sp³-hybridized carbons (Fsp3) is 0.263. The second-order valence-corrected chi connectivity index (χ2v) is 6.28. The van der Waals surface area contributed by atoms with Crippen LogP contribution < -0.4 is 0 Å². The van der Waals surface area contributed by atoms with E-state index in [0.29, 0.717) is 23.6 Å². The van der Waals surface area contributed by atoms with E-state index in [2.05, 4.69) is 0 Å². The van der Waals surface area contributed by atoms with Crippen LogP contribution in [0.1, 0.15) is 28.3 Å². The van der Waals surface area contributed by atoms with Crippen molar-refractivity contribution in [1.82, 2.24) is 4.90 Å². The fourth-order valence-corrected chi connectivity index (χ4v) is 3.27. The number of esters is 1. The van der Waals surface area contributed by atoms with E-state index in [1.54, 1.807) is 17.0 Å². The Hall–Kier alpha value is -2.33. The van der Waals surface area contributed by atoms with Crippen LogP contribution in [0.2, 0.25) is 5.02 Å². The number of rotatable bonds is 3. The minimum Gasteiger partial charge on any atom is -0.467 e. The Bertz CT molecular complexity index is 730. The molecule has 0 aliphatic carbocycles. The van der Waals surface area contributed by atoms with E-state index >= 15 is 0 Å². The van der Waals surface area contributed by atoms with E-state index in [0.717, 1.165) is 5.56 Å². The molecule has 0 radical (unpaired) electrons. The van der Waals surface area contributed by atoms with E-state index in [1.165, 1.54) is 7.11 Å². The summed E-state index contributed by atoms with van der Waals surface area (Å²) < 4.78 is 4.90. The molecule has 1 heterocycles. The molecule has 1 aliphatic rings. The van der Waals surface area contributed by atoms with Gasteiger partial charge in [-0.3, -0.25) is 4.79 Å². The first-order valence-electron chi connectivity index (χ1n) is 7.79. The zero-order valence-electron chi connectivity index (χ0n) is 13.3. The lowest BCUT2D eigenvalue weighted by Gasteiger charge is -2.22. The zero-order chi connectivity index (χ0) is 17.1. The molecule has 0 N–H and O–H groups in total. The molecule has 0 saturated carbocycles. The molecular weight excluding hydrogens is 326 g/mol. The fourth-order valence-electron chi connectivity index (χ4n) is 3.14. The minimum absolute atomic E-state index is 0.0824. The number of methoxy groups -OCH3 is 1. The standard InChI is InChI=1S/C19H18ClNO3/c1-24-19(23)17-11-15(13-7-9-16(20)10-8-13)12-21(17)18(22)14-5-3-2-4-6-14/h2-10,15,17H,11-12H2,1H3/t15-,17-/m1/s1. The van der Waals surface area contributed by atoms with Crippen molar-refractivity contribution in [2.24, 2.45) is 0 Å². The summed E-state index contributed by atoms with van der Waals surface area (Å²) in [6.45, 7) is 0.481. The van der Waals surface area contributed by atoms with Crippen molar-refractivity contribution in [3.8, 4) is 0 Å². The van der Waals surface area contributed by atoms with E-state index in [9.17, 15) is 9.59 Å². The molecule has 2 aromatic carbocycles. The number of carbonyl (C=O) groups is 2. The summed E-state index contributed by atoms with van der Waals surface area (Å²) in [5.74, 6) is -0.447. The van der Waals surface area contributed by atoms with Crippen LogP contribution >= 0.6 is 11.6 Å². The summed E-state index contributed by atoms with van der Waals surface area (Å²) in [7, 11) is 1.35. The number of amides is 1. The van der Waals surface area contributed by atoms with Gasteiger partial charge in [-0.15, -0.1) is 0 Å². The molecule has 0 unspecified atom stereocenters. The number of ether oxygens (including phenoxy) is 1. The molecule has 2 atom stereocenters. The summed E-state index contributed by atoms with van der Waals surface area (Å²) in [5, 5.41) is 0.665. The third kappa shape index (κ3) is 3.29. The predicted octanol–water partition coefficient (Wildman–Crippen LogP) is 3.51. The average molecular weight is 344 g/mol. The maximum Gasteiger partial charge on any atom is 0.328 e. The van der Waals surface area contributed by atoms with E-state index in [-0.39, 0.29) is 17.8 Å². The van der Waals surface area contributed by atoms with Gasteiger partial charge in [0.15, 0.2) is 0 Å². The molecular formula is C19H18ClNO3. The van der Waals surface area contributed by atoms with E-state index in [4.69, 9.17) is 16.3 Å². The second-order valence-electron chi connectivity index (χ2n) is 5.85. The van der Waals surface area contributed by atoms with Crippen molar-refractivity contribution in [3.63, 3.8) is 0 Å². The van der Waals surface area contributed by atoms with Gasteiger partial charge in [0.05, 0.1) is 7.11 Å². The number of nitrogens with zero attached hydrogens (tertiary/aromatic N) is 1. The molecule has 2 aromatic rings. The Labute approximate surface area is 146 Å². The van der Waals surface area contributed by atoms with Gasteiger partial charge >= 0.3 is 5.97 Å². The van der Waals surface area contributed by atoms with E-state index < -0.39 is 6.04 Å². The molecule has 1 saturated heterocycles. The van der Waals surface area contributed by atoms with Gasteiger partial charge in [0.2, 0.25) is 0 Å². The molecule has 5 heteroatoms. The molecule has 124 valence electrons. The monoisotopic (exact) mass is 343 g/mol. The van der Waals surface area contributed by atoms with Crippen molar-refractivity contribution in [1.29, 1.82) is 0 Å². The van der Waals surface area contributed by atoms with Crippen LogP contribution in [0.25, 0.3) is 0 Å². The number of likely N-dealkylation sites (tertiary alicyclic amines) is 1. The van der Waals surface area contributed by atoms with Crippen molar-refractivity contribution < 1.29 is 14.3 Å². The quantitative estimate of drug-likeness (QED) is 0.801. The van der Waals surface area contributed by atoms with Gasteiger partial charge in [-0.05, 0) is 36.2 Å². The maximum absolute atomic E-state index is 12.8. The second kappa shape index (κ2) is 7.05. The number of halogens is 1. The first kappa shape index (κ1) is 16.5. The Morgan fingerprint density at radius 1 is 1.08 bits per heavy atom. The molecule has 0 bridgehead atoms. The molecule has 4 nitrogen and oxygen atoms in total. The molecule has 24 heavy (non-hydrogen) atoms. The predicted molar refractivity (Wildman–Crippen MR) is 92.1 cm³/mol. The van der Waals surface area contributed by atoms with Crippen LogP contribution in [-0.2, 0) is 9.53 Å². The molecule has 3 rings (SSSR count). The highest BCUT2D eigenvalue weighted by Gasteiger charge is 2.41.